The summed E-state index contributed by atoms with van der Waals surface area (Å²) in [5, 5.41) is 10.6. The standard InChI is InChI=1S/C20H19FN4O2/c21-17-18(15-7-9-22-10-8-15)23-20-24(11-4-12-25(20)19(17)27)13-16(26)14-5-2-1-3-6-14/h1-3,5-10,16,26H,4,11-13H2/t16-/m1/s1. The fraction of sp³-hybridized carbons (Fsp3) is 0.250. The molecule has 0 aliphatic carbocycles. The fourth-order valence-electron chi connectivity index (χ4n) is 3.35. The van der Waals surface area contributed by atoms with Gasteiger partial charge in [-0.1, -0.05) is 30.3 Å². The highest BCUT2D eigenvalue weighted by molar-refractivity contribution is 5.60. The molecule has 0 radical (unpaired) electrons. The number of rotatable bonds is 4. The van der Waals surface area contributed by atoms with Gasteiger partial charge in [0, 0.05) is 31.0 Å². The molecule has 1 N–H and O–H groups in total. The molecule has 138 valence electrons. The highest BCUT2D eigenvalue weighted by atomic mass is 19.1. The van der Waals surface area contributed by atoms with E-state index in [1.165, 1.54) is 17.0 Å². The Bertz CT molecular complexity index is 992. The van der Waals surface area contributed by atoms with E-state index in [2.05, 4.69) is 9.97 Å². The quantitative estimate of drug-likeness (QED) is 0.768. The van der Waals surface area contributed by atoms with Crippen molar-refractivity contribution in [2.75, 3.05) is 18.0 Å². The number of fused-ring (bicyclic) bond motifs is 1. The van der Waals surface area contributed by atoms with Crippen LogP contribution in [0.5, 0.6) is 0 Å². The third-order valence-electron chi connectivity index (χ3n) is 4.72. The largest absolute Gasteiger partial charge is 0.387 e. The molecule has 0 fully saturated rings. The first-order chi connectivity index (χ1) is 13.1. The summed E-state index contributed by atoms with van der Waals surface area (Å²) in [6.45, 7) is 1.32. The first kappa shape index (κ1) is 17.4. The van der Waals surface area contributed by atoms with Crippen LogP contribution in [0.15, 0.2) is 59.7 Å². The van der Waals surface area contributed by atoms with Gasteiger partial charge in [-0.3, -0.25) is 14.3 Å². The van der Waals surface area contributed by atoms with Crippen LogP contribution in [0.1, 0.15) is 18.1 Å². The summed E-state index contributed by atoms with van der Waals surface area (Å²) in [7, 11) is 0. The molecule has 1 aliphatic heterocycles. The third-order valence-corrected chi connectivity index (χ3v) is 4.72. The van der Waals surface area contributed by atoms with Crippen molar-refractivity contribution < 1.29 is 9.50 Å². The number of benzene rings is 1. The first-order valence-electron chi connectivity index (χ1n) is 8.84. The molecule has 3 aromatic rings. The zero-order chi connectivity index (χ0) is 18.8. The Balaban J connectivity index is 1.73. The van der Waals surface area contributed by atoms with Gasteiger partial charge in [-0.15, -0.1) is 0 Å². The van der Waals surface area contributed by atoms with Crippen molar-refractivity contribution in [3.05, 3.63) is 76.6 Å². The summed E-state index contributed by atoms with van der Waals surface area (Å²) in [6.07, 6.45) is 3.02. The van der Waals surface area contributed by atoms with Crippen molar-refractivity contribution in [1.82, 2.24) is 14.5 Å². The average Bonchev–Trinajstić information content (AvgIpc) is 2.72. The van der Waals surface area contributed by atoms with E-state index >= 15 is 0 Å². The van der Waals surface area contributed by atoms with E-state index < -0.39 is 17.5 Å². The van der Waals surface area contributed by atoms with Gasteiger partial charge in [-0.25, -0.2) is 4.98 Å². The fourth-order valence-corrected chi connectivity index (χ4v) is 3.35. The van der Waals surface area contributed by atoms with Gasteiger partial charge in [-0.05, 0) is 24.1 Å². The summed E-state index contributed by atoms with van der Waals surface area (Å²) in [6, 6.07) is 12.5. The molecule has 0 saturated carbocycles. The van der Waals surface area contributed by atoms with Gasteiger partial charge in [0.1, 0.15) is 5.69 Å². The molecule has 0 amide bonds. The minimum absolute atomic E-state index is 0.00903. The maximum Gasteiger partial charge on any atom is 0.291 e. The Morgan fingerprint density at radius 1 is 1.11 bits per heavy atom. The molecular formula is C20H19FN4O2. The van der Waals surface area contributed by atoms with E-state index in [1.807, 2.05) is 35.2 Å². The molecule has 1 atom stereocenters. The SMILES string of the molecule is O=c1c(F)c(-c2ccncc2)nc2n1CCCN2C[C@@H](O)c1ccccc1. The molecule has 1 aliphatic rings. The van der Waals surface area contributed by atoms with E-state index in [4.69, 9.17) is 0 Å². The zero-order valence-corrected chi connectivity index (χ0v) is 14.6. The van der Waals surface area contributed by atoms with E-state index in [0.717, 1.165) is 5.56 Å². The van der Waals surface area contributed by atoms with Gasteiger partial charge in [0.25, 0.3) is 5.56 Å². The molecule has 0 unspecified atom stereocenters. The summed E-state index contributed by atoms with van der Waals surface area (Å²) < 4.78 is 16.0. The number of aliphatic hydroxyl groups is 1. The Hall–Kier alpha value is -3.06. The molecule has 0 bridgehead atoms. The van der Waals surface area contributed by atoms with Gasteiger partial charge in [0.05, 0.1) is 12.6 Å². The van der Waals surface area contributed by atoms with Crippen LogP contribution in [0.2, 0.25) is 0 Å². The van der Waals surface area contributed by atoms with Gasteiger partial charge < -0.3 is 10.0 Å². The minimum atomic E-state index is -0.865. The average molecular weight is 366 g/mol. The van der Waals surface area contributed by atoms with Crippen molar-refractivity contribution in [2.45, 2.75) is 19.1 Å². The number of pyridine rings is 1. The highest BCUT2D eigenvalue weighted by Crippen LogP contribution is 2.25. The normalized spacial score (nSPS) is 14.7. The molecule has 0 spiro atoms. The summed E-state index contributed by atoms with van der Waals surface area (Å²) >= 11 is 0. The lowest BCUT2D eigenvalue weighted by Crippen LogP contribution is -2.41. The third kappa shape index (κ3) is 3.33. The first-order valence-corrected chi connectivity index (χ1v) is 8.84. The van der Waals surface area contributed by atoms with Gasteiger partial charge in [0.2, 0.25) is 11.8 Å². The van der Waals surface area contributed by atoms with Crippen LogP contribution >= 0.6 is 0 Å². The molecule has 3 heterocycles. The van der Waals surface area contributed by atoms with Gasteiger partial charge in [-0.2, -0.15) is 4.39 Å². The van der Waals surface area contributed by atoms with E-state index in [-0.39, 0.29) is 12.2 Å². The Morgan fingerprint density at radius 2 is 1.85 bits per heavy atom. The number of nitrogens with zero attached hydrogens (tertiary/aromatic N) is 4. The molecule has 27 heavy (non-hydrogen) atoms. The van der Waals surface area contributed by atoms with Crippen LogP contribution in [0, 0.1) is 5.82 Å². The summed E-state index contributed by atoms with van der Waals surface area (Å²) in [4.78, 5) is 22.8. The smallest absolute Gasteiger partial charge is 0.291 e. The second-order valence-electron chi connectivity index (χ2n) is 6.49. The van der Waals surface area contributed by atoms with Crippen molar-refractivity contribution in [3.8, 4) is 11.3 Å². The van der Waals surface area contributed by atoms with Gasteiger partial charge >= 0.3 is 0 Å². The Kier molecular flexibility index (Phi) is 4.68. The van der Waals surface area contributed by atoms with Crippen molar-refractivity contribution in [1.29, 1.82) is 0 Å². The summed E-state index contributed by atoms with van der Waals surface area (Å²) in [5.41, 5.74) is 0.603. The maximum absolute atomic E-state index is 14.6. The topological polar surface area (TPSA) is 71.2 Å². The van der Waals surface area contributed by atoms with Crippen LogP contribution in [-0.4, -0.2) is 32.7 Å². The number of hydrogen-bond donors (Lipinski definition) is 1. The molecule has 0 saturated heterocycles. The van der Waals surface area contributed by atoms with E-state index in [0.29, 0.717) is 31.0 Å². The van der Waals surface area contributed by atoms with Crippen LogP contribution in [0.3, 0.4) is 0 Å². The monoisotopic (exact) mass is 366 g/mol. The zero-order valence-electron chi connectivity index (χ0n) is 14.6. The number of β-amino-alcohol motifs (C(OH)–C–C–N with tert-alkyl or cyclic N) is 1. The van der Waals surface area contributed by atoms with E-state index in [1.54, 1.807) is 12.1 Å². The predicted octanol–water partition coefficient (Wildman–Crippen LogP) is 2.39. The Labute approximate surface area is 155 Å². The van der Waals surface area contributed by atoms with Crippen molar-refractivity contribution >= 4 is 5.95 Å². The van der Waals surface area contributed by atoms with Crippen LogP contribution in [-0.2, 0) is 6.54 Å². The Morgan fingerprint density at radius 3 is 2.59 bits per heavy atom. The van der Waals surface area contributed by atoms with Crippen LogP contribution in [0.4, 0.5) is 10.3 Å². The molecule has 2 aromatic heterocycles. The number of aromatic nitrogens is 3. The second-order valence-corrected chi connectivity index (χ2v) is 6.49. The molecule has 7 heteroatoms. The molecular weight excluding hydrogens is 347 g/mol. The lowest BCUT2D eigenvalue weighted by Gasteiger charge is -2.32. The number of anilines is 1. The molecule has 6 nitrogen and oxygen atoms in total. The lowest BCUT2D eigenvalue weighted by atomic mass is 10.1. The minimum Gasteiger partial charge on any atom is -0.387 e. The predicted molar refractivity (Wildman–Crippen MR) is 99.9 cm³/mol. The molecule has 4 rings (SSSR count). The maximum atomic E-state index is 14.6. The lowest BCUT2D eigenvalue weighted by molar-refractivity contribution is 0.181. The second kappa shape index (κ2) is 7.28. The van der Waals surface area contributed by atoms with Crippen molar-refractivity contribution in [2.24, 2.45) is 0 Å². The number of hydrogen-bond acceptors (Lipinski definition) is 5. The van der Waals surface area contributed by atoms with Crippen molar-refractivity contribution in [3.63, 3.8) is 0 Å². The highest BCUT2D eigenvalue weighted by Gasteiger charge is 2.26. The van der Waals surface area contributed by atoms with Gasteiger partial charge in [0.15, 0.2) is 0 Å². The van der Waals surface area contributed by atoms with Crippen LogP contribution in [0.25, 0.3) is 11.3 Å². The molecule has 1 aromatic carbocycles. The summed E-state index contributed by atoms with van der Waals surface area (Å²) in [5.74, 6) is -0.482. The number of aliphatic hydroxyl groups excluding tert-OH is 1. The number of halogens is 1. The van der Waals surface area contributed by atoms with E-state index in [9.17, 15) is 14.3 Å². The van der Waals surface area contributed by atoms with Crippen LogP contribution < -0.4 is 10.5 Å².